The fourth-order valence-electron chi connectivity index (χ4n) is 1.86. The summed E-state index contributed by atoms with van der Waals surface area (Å²) in [6, 6.07) is 0. The highest BCUT2D eigenvalue weighted by Crippen LogP contribution is 2.31. The number of halogens is 2. The zero-order chi connectivity index (χ0) is 18.0. The molecule has 7 heteroatoms. The van der Waals surface area contributed by atoms with Gasteiger partial charge >= 0.3 is 5.69 Å². The van der Waals surface area contributed by atoms with Crippen LogP contribution in [0.15, 0.2) is 11.0 Å². The van der Waals surface area contributed by atoms with Crippen molar-refractivity contribution in [2.24, 2.45) is 0 Å². The van der Waals surface area contributed by atoms with E-state index < -0.39 is 23.9 Å². The van der Waals surface area contributed by atoms with E-state index in [1.807, 2.05) is 6.92 Å². The van der Waals surface area contributed by atoms with Crippen molar-refractivity contribution in [1.82, 2.24) is 9.55 Å². The first-order valence-corrected chi connectivity index (χ1v) is 8.57. The standard InChI is InChI=1S/C10H12F2N2O2S.2C3H8/c1-2-5-3-6(11)9(16-5)14-4-7(12)8(17)13-10(14)15;2*1-3-2/h4-6,9H,2-3H2,1H3,(H,13,15,17);2*3H2,1-2H3/t5-,6?,9-;;/m0../s1. The molecule has 1 aromatic rings. The van der Waals surface area contributed by atoms with Crippen molar-refractivity contribution in [3.05, 3.63) is 27.1 Å². The van der Waals surface area contributed by atoms with E-state index in [1.165, 1.54) is 12.8 Å². The van der Waals surface area contributed by atoms with Crippen LogP contribution in [0.2, 0.25) is 0 Å². The minimum Gasteiger partial charge on any atom is -0.351 e. The fourth-order valence-corrected chi connectivity index (χ4v) is 2.00. The summed E-state index contributed by atoms with van der Waals surface area (Å²) in [6.07, 6.45) is 1.61. The van der Waals surface area contributed by atoms with Crippen LogP contribution in [0.3, 0.4) is 0 Å². The number of H-pyrrole nitrogens is 1. The van der Waals surface area contributed by atoms with Gasteiger partial charge in [0.15, 0.2) is 12.0 Å². The van der Waals surface area contributed by atoms with Crippen molar-refractivity contribution >= 4 is 12.2 Å². The summed E-state index contributed by atoms with van der Waals surface area (Å²) in [7, 11) is 0. The maximum Gasteiger partial charge on any atom is 0.328 e. The lowest BCUT2D eigenvalue weighted by Gasteiger charge is -2.16. The van der Waals surface area contributed by atoms with Gasteiger partial charge in [-0.05, 0) is 6.42 Å². The fraction of sp³-hybridized carbons (Fsp3) is 0.750. The van der Waals surface area contributed by atoms with Crippen LogP contribution in [-0.4, -0.2) is 21.8 Å². The minimum atomic E-state index is -1.32. The van der Waals surface area contributed by atoms with Crippen molar-refractivity contribution in [1.29, 1.82) is 0 Å². The van der Waals surface area contributed by atoms with Gasteiger partial charge in [-0.15, -0.1) is 0 Å². The molecular weight excluding hydrogens is 322 g/mol. The molecule has 1 unspecified atom stereocenters. The van der Waals surface area contributed by atoms with Gasteiger partial charge in [0.1, 0.15) is 10.8 Å². The Bertz CT molecular complexity index is 558. The summed E-state index contributed by atoms with van der Waals surface area (Å²) in [6.45, 7) is 10.4. The first kappa shape index (κ1) is 21.9. The van der Waals surface area contributed by atoms with E-state index in [0.717, 1.165) is 10.8 Å². The molecule has 23 heavy (non-hydrogen) atoms. The number of ether oxygens (including phenoxy) is 1. The molecule has 2 rings (SSSR count). The highest BCUT2D eigenvalue weighted by molar-refractivity contribution is 7.71. The van der Waals surface area contributed by atoms with Gasteiger partial charge < -0.3 is 4.74 Å². The zero-order valence-corrected chi connectivity index (χ0v) is 15.4. The number of hydrogen-bond donors (Lipinski definition) is 1. The molecule has 0 bridgehead atoms. The van der Waals surface area contributed by atoms with Crippen LogP contribution >= 0.6 is 12.2 Å². The smallest absolute Gasteiger partial charge is 0.328 e. The predicted molar refractivity (Wildman–Crippen MR) is 91.5 cm³/mol. The van der Waals surface area contributed by atoms with Crippen molar-refractivity contribution in [3.8, 4) is 0 Å². The maximum atomic E-state index is 13.7. The largest absolute Gasteiger partial charge is 0.351 e. The summed E-state index contributed by atoms with van der Waals surface area (Å²) < 4.78 is 32.9. The Morgan fingerprint density at radius 1 is 1.30 bits per heavy atom. The van der Waals surface area contributed by atoms with E-state index in [2.05, 4.69) is 44.9 Å². The van der Waals surface area contributed by atoms with Gasteiger partial charge in [0, 0.05) is 6.42 Å². The van der Waals surface area contributed by atoms with Gasteiger partial charge in [0.05, 0.1) is 12.3 Å². The number of nitrogens with zero attached hydrogens (tertiary/aromatic N) is 1. The number of nitrogens with one attached hydrogen (secondary N) is 1. The van der Waals surface area contributed by atoms with Crippen LogP contribution in [-0.2, 0) is 4.74 Å². The highest BCUT2D eigenvalue weighted by atomic mass is 32.1. The Balaban J connectivity index is 0.000000704. The maximum absolute atomic E-state index is 13.7. The van der Waals surface area contributed by atoms with Crippen LogP contribution in [0.4, 0.5) is 8.78 Å². The number of aromatic nitrogens is 2. The van der Waals surface area contributed by atoms with Crippen LogP contribution in [0.1, 0.15) is 66.5 Å². The molecule has 1 fully saturated rings. The number of rotatable bonds is 2. The van der Waals surface area contributed by atoms with E-state index in [9.17, 15) is 13.6 Å². The molecule has 1 aliphatic rings. The zero-order valence-electron chi connectivity index (χ0n) is 14.6. The quantitative estimate of drug-likeness (QED) is 0.771. The average Bonchev–Trinajstić information content (AvgIpc) is 2.86. The molecule has 0 amide bonds. The average molecular weight is 350 g/mol. The van der Waals surface area contributed by atoms with Gasteiger partial charge in [-0.25, -0.2) is 13.6 Å². The normalized spacial score (nSPS) is 22.7. The molecule has 0 aliphatic carbocycles. The topological polar surface area (TPSA) is 47.0 Å². The van der Waals surface area contributed by atoms with Gasteiger partial charge in [-0.1, -0.05) is 59.7 Å². The lowest BCUT2D eigenvalue weighted by Crippen LogP contribution is -2.31. The molecule has 0 saturated carbocycles. The minimum absolute atomic E-state index is 0.213. The molecule has 134 valence electrons. The molecule has 0 spiro atoms. The molecule has 1 saturated heterocycles. The van der Waals surface area contributed by atoms with Crippen LogP contribution in [0, 0.1) is 10.5 Å². The van der Waals surface area contributed by atoms with Crippen LogP contribution in [0.5, 0.6) is 0 Å². The second-order valence-corrected chi connectivity index (χ2v) is 5.77. The van der Waals surface area contributed by atoms with E-state index in [4.69, 9.17) is 4.74 Å². The second kappa shape index (κ2) is 11.5. The van der Waals surface area contributed by atoms with E-state index in [1.54, 1.807) is 0 Å². The van der Waals surface area contributed by atoms with E-state index in [-0.39, 0.29) is 17.2 Å². The summed E-state index contributed by atoms with van der Waals surface area (Å²) in [4.78, 5) is 13.7. The number of hydrogen-bond acceptors (Lipinski definition) is 3. The van der Waals surface area contributed by atoms with Crippen molar-refractivity contribution in [2.75, 3.05) is 0 Å². The second-order valence-electron chi connectivity index (χ2n) is 5.37. The van der Waals surface area contributed by atoms with E-state index >= 15 is 0 Å². The molecule has 2 heterocycles. The summed E-state index contributed by atoms with van der Waals surface area (Å²) in [5, 5.41) is 0. The van der Waals surface area contributed by atoms with E-state index in [0.29, 0.717) is 6.42 Å². The van der Waals surface area contributed by atoms with Gasteiger partial charge in [0.25, 0.3) is 0 Å². The third-order valence-electron chi connectivity index (χ3n) is 2.78. The SMILES string of the molecule is CCC.CCC.CC[C@H]1CC(F)[C@@H](n2cc(F)c(=S)[nH]c2=O)O1. The summed E-state index contributed by atoms with van der Waals surface area (Å²) in [5.74, 6) is -0.768. The Morgan fingerprint density at radius 2 is 1.83 bits per heavy atom. The third-order valence-corrected chi connectivity index (χ3v) is 3.08. The summed E-state index contributed by atoms with van der Waals surface area (Å²) >= 11 is 4.57. The first-order valence-electron chi connectivity index (χ1n) is 8.16. The van der Waals surface area contributed by atoms with Crippen LogP contribution < -0.4 is 5.69 Å². The Hall–Kier alpha value is -1.08. The molecule has 1 aromatic heterocycles. The first-order chi connectivity index (χ1) is 10.9. The van der Waals surface area contributed by atoms with Crippen molar-refractivity contribution in [3.63, 3.8) is 0 Å². The molecule has 1 aliphatic heterocycles. The Morgan fingerprint density at radius 3 is 2.26 bits per heavy atom. The van der Waals surface area contributed by atoms with Gasteiger partial charge in [0.2, 0.25) is 0 Å². The van der Waals surface area contributed by atoms with Gasteiger partial charge in [-0.3, -0.25) is 9.55 Å². The molecule has 4 nitrogen and oxygen atoms in total. The monoisotopic (exact) mass is 350 g/mol. The molecule has 0 radical (unpaired) electrons. The molecule has 0 aromatic carbocycles. The lowest BCUT2D eigenvalue weighted by molar-refractivity contribution is -0.0228. The number of alkyl halides is 1. The Kier molecular flexibility index (Phi) is 10.9. The Labute approximate surface area is 141 Å². The molecule has 3 atom stereocenters. The summed E-state index contributed by atoms with van der Waals surface area (Å²) in [5.41, 5.74) is -0.666. The van der Waals surface area contributed by atoms with Crippen LogP contribution in [0.25, 0.3) is 0 Å². The highest BCUT2D eigenvalue weighted by Gasteiger charge is 2.36. The molecular formula is C16H28F2N2O2S. The van der Waals surface area contributed by atoms with Gasteiger partial charge in [-0.2, -0.15) is 0 Å². The third kappa shape index (κ3) is 6.91. The van der Waals surface area contributed by atoms with Crippen molar-refractivity contribution < 1.29 is 13.5 Å². The molecule has 1 N–H and O–H groups in total. The lowest BCUT2D eigenvalue weighted by atomic mass is 10.2. The number of aromatic amines is 1. The predicted octanol–water partition coefficient (Wildman–Crippen LogP) is 4.91. The van der Waals surface area contributed by atoms with Crippen molar-refractivity contribution in [2.45, 2.75) is 78.8 Å².